The van der Waals surface area contributed by atoms with E-state index < -0.39 is 0 Å². The largest absolute Gasteiger partial charge is 0.356 e. The van der Waals surface area contributed by atoms with Crippen LogP contribution in [0.1, 0.15) is 58.8 Å². The van der Waals surface area contributed by atoms with E-state index in [0.29, 0.717) is 12.0 Å². The highest BCUT2D eigenvalue weighted by molar-refractivity contribution is 5.75. The average Bonchev–Trinajstić information content (AvgIpc) is 3.05. The first-order valence-corrected chi connectivity index (χ1v) is 8.16. The van der Waals surface area contributed by atoms with Crippen LogP contribution in [0.5, 0.6) is 0 Å². The second-order valence-corrected chi connectivity index (χ2v) is 6.74. The van der Waals surface area contributed by atoms with Crippen molar-refractivity contribution in [3.8, 4) is 0 Å². The van der Waals surface area contributed by atoms with Crippen molar-refractivity contribution in [1.29, 1.82) is 0 Å². The molecule has 1 aliphatic heterocycles. The van der Waals surface area contributed by atoms with Crippen LogP contribution in [0.3, 0.4) is 0 Å². The molecule has 1 N–H and O–H groups in total. The third kappa shape index (κ3) is 4.79. The summed E-state index contributed by atoms with van der Waals surface area (Å²) in [4.78, 5) is 14.4. The molecule has 1 amide bonds. The summed E-state index contributed by atoms with van der Waals surface area (Å²) < 4.78 is 0. The Balaban J connectivity index is 1.56. The number of nitrogens with zero attached hydrogens (tertiary/aromatic N) is 1. The molecule has 3 nitrogen and oxygen atoms in total. The highest BCUT2D eigenvalue weighted by Crippen LogP contribution is 2.28. The van der Waals surface area contributed by atoms with Gasteiger partial charge in [-0.25, -0.2) is 0 Å². The zero-order chi connectivity index (χ0) is 13.7. The molecule has 2 rings (SSSR count). The lowest BCUT2D eigenvalue weighted by Crippen LogP contribution is -2.33. The van der Waals surface area contributed by atoms with Gasteiger partial charge in [0, 0.05) is 25.6 Å². The van der Waals surface area contributed by atoms with Crippen LogP contribution in [0.15, 0.2) is 0 Å². The molecular weight excluding hydrogens is 236 g/mol. The molecule has 2 aliphatic rings. The van der Waals surface area contributed by atoms with Crippen LogP contribution in [0, 0.1) is 11.8 Å². The molecule has 2 fully saturated rings. The molecule has 1 saturated carbocycles. The van der Waals surface area contributed by atoms with E-state index in [1.807, 2.05) is 0 Å². The predicted molar refractivity (Wildman–Crippen MR) is 79.0 cm³/mol. The Morgan fingerprint density at radius 3 is 2.58 bits per heavy atom. The quantitative estimate of drug-likeness (QED) is 0.802. The van der Waals surface area contributed by atoms with E-state index in [9.17, 15) is 4.79 Å². The SMILES string of the molecule is CC(C)N1CCC(CNC(=O)CCC2CCCC2)C1. The Morgan fingerprint density at radius 2 is 1.95 bits per heavy atom. The molecule has 0 aromatic carbocycles. The van der Waals surface area contributed by atoms with Gasteiger partial charge >= 0.3 is 0 Å². The number of carbonyl (C=O) groups excluding carboxylic acids is 1. The van der Waals surface area contributed by atoms with Gasteiger partial charge in [0.1, 0.15) is 0 Å². The number of hydrogen-bond acceptors (Lipinski definition) is 2. The minimum Gasteiger partial charge on any atom is -0.356 e. The molecule has 1 aliphatic carbocycles. The molecular formula is C16H30N2O. The third-order valence-electron chi connectivity index (χ3n) is 4.89. The molecule has 19 heavy (non-hydrogen) atoms. The topological polar surface area (TPSA) is 32.3 Å². The minimum absolute atomic E-state index is 0.273. The van der Waals surface area contributed by atoms with Crippen LogP contribution in [0.25, 0.3) is 0 Å². The number of nitrogens with one attached hydrogen (secondary N) is 1. The molecule has 0 aromatic heterocycles. The Kier molecular flexibility index (Phi) is 5.68. The molecule has 0 spiro atoms. The van der Waals surface area contributed by atoms with Gasteiger partial charge in [0.15, 0.2) is 0 Å². The van der Waals surface area contributed by atoms with Crippen LogP contribution in [-0.2, 0) is 4.79 Å². The Hall–Kier alpha value is -0.570. The van der Waals surface area contributed by atoms with Gasteiger partial charge in [-0.2, -0.15) is 0 Å². The zero-order valence-corrected chi connectivity index (χ0v) is 12.7. The molecule has 1 unspecified atom stereocenters. The molecule has 1 heterocycles. The lowest BCUT2D eigenvalue weighted by atomic mass is 10.0. The molecule has 0 radical (unpaired) electrons. The first-order valence-electron chi connectivity index (χ1n) is 8.16. The van der Waals surface area contributed by atoms with Crippen LogP contribution in [-0.4, -0.2) is 36.5 Å². The first-order chi connectivity index (χ1) is 9.15. The number of amides is 1. The van der Waals surface area contributed by atoms with Gasteiger partial charge in [-0.05, 0) is 45.1 Å². The van der Waals surface area contributed by atoms with Crippen LogP contribution >= 0.6 is 0 Å². The standard InChI is InChI=1S/C16H30N2O/c1-13(2)18-10-9-15(12-18)11-17-16(19)8-7-14-5-3-4-6-14/h13-15H,3-12H2,1-2H3,(H,17,19). The molecule has 110 valence electrons. The van der Waals surface area contributed by atoms with E-state index >= 15 is 0 Å². The number of carbonyl (C=O) groups is 1. The van der Waals surface area contributed by atoms with Gasteiger partial charge in [0.05, 0.1) is 0 Å². The predicted octanol–water partition coefficient (Wildman–Crippen LogP) is 2.80. The summed E-state index contributed by atoms with van der Waals surface area (Å²) in [7, 11) is 0. The van der Waals surface area contributed by atoms with Crippen LogP contribution in [0.2, 0.25) is 0 Å². The second kappa shape index (κ2) is 7.28. The van der Waals surface area contributed by atoms with Crippen molar-refractivity contribution in [3.05, 3.63) is 0 Å². The maximum Gasteiger partial charge on any atom is 0.220 e. The minimum atomic E-state index is 0.273. The second-order valence-electron chi connectivity index (χ2n) is 6.74. The summed E-state index contributed by atoms with van der Waals surface area (Å²) in [5.74, 6) is 1.77. The van der Waals surface area contributed by atoms with Crippen LogP contribution < -0.4 is 5.32 Å². The number of rotatable bonds is 6. The zero-order valence-electron chi connectivity index (χ0n) is 12.7. The Labute approximate surface area is 118 Å². The highest BCUT2D eigenvalue weighted by atomic mass is 16.1. The summed E-state index contributed by atoms with van der Waals surface area (Å²) in [6.45, 7) is 7.73. The van der Waals surface area contributed by atoms with E-state index in [4.69, 9.17) is 0 Å². The van der Waals surface area contributed by atoms with Crippen molar-refractivity contribution < 1.29 is 4.79 Å². The van der Waals surface area contributed by atoms with E-state index in [0.717, 1.165) is 31.8 Å². The Morgan fingerprint density at radius 1 is 1.21 bits per heavy atom. The van der Waals surface area contributed by atoms with Gasteiger partial charge in [0.2, 0.25) is 5.91 Å². The fraction of sp³-hybridized carbons (Fsp3) is 0.938. The maximum atomic E-state index is 11.8. The van der Waals surface area contributed by atoms with Crippen molar-refractivity contribution in [2.24, 2.45) is 11.8 Å². The van der Waals surface area contributed by atoms with Gasteiger partial charge in [-0.1, -0.05) is 25.7 Å². The molecule has 3 heteroatoms. The average molecular weight is 266 g/mol. The summed E-state index contributed by atoms with van der Waals surface area (Å²) >= 11 is 0. The lowest BCUT2D eigenvalue weighted by molar-refractivity contribution is -0.121. The number of hydrogen-bond donors (Lipinski definition) is 1. The van der Waals surface area contributed by atoms with E-state index in [2.05, 4.69) is 24.1 Å². The fourth-order valence-electron chi connectivity index (χ4n) is 3.48. The van der Waals surface area contributed by atoms with Crippen molar-refractivity contribution >= 4 is 5.91 Å². The van der Waals surface area contributed by atoms with E-state index in [1.54, 1.807) is 0 Å². The van der Waals surface area contributed by atoms with E-state index in [-0.39, 0.29) is 5.91 Å². The van der Waals surface area contributed by atoms with Crippen molar-refractivity contribution in [2.75, 3.05) is 19.6 Å². The monoisotopic (exact) mass is 266 g/mol. The molecule has 1 saturated heterocycles. The normalized spacial score (nSPS) is 25.3. The molecule has 0 bridgehead atoms. The van der Waals surface area contributed by atoms with Crippen molar-refractivity contribution in [2.45, 2.75) is 64.8 Å². The first kappa shape index (κ1) is 14.8. The Bertz CT molecular complexity index is 284. The summed E-state index contributed by atoms with van der Waals surface area (Å²) in [5, 5.41) is 3.14. The fourth-order valence-corrected chi connectivity index (χ4v) is 3.48. The molecule has 0 aromatic rings. The van der Waals surface area contributed by atoms with Gasteiger partial charge in [-0.15, -0.1) is 0 Å². The summed E-state index contributed by atoms with van der Waals surface area (Å²) in [6.07, 6.45) is 8.53. The summed E-state index contributed by atoms with van der Waals surface area (Å²) in [6, 6.07) is 0.642. The highest BCUT2D eigenvalue weighted by Gasteiger charge is 2.24. The summed E-state index contributed by atoms with van der Waals surface area (Å²) in [5.41, 5.74) is 0. The van der Waals surface area contributed by atoms with Gasteiger partial charge < -0.3 is 10.2 Å². The maximum absolute atomic E-state index is 11.8. The van der Waals surface area contributed by atoms with E-state index in [1.165, 1.54) is 38.6 Å². The van der Waals surface area contributed by atoms with Crippen molar-refractivity contribution in [3.63, 3.8) is 0 Å². The van der Waals surface area contributed by atoms with Crippen molar-refractivity contribution in [1.82, 2.24) is 10.2 Å². The van der Waals surface area contributed by atoms with Crippen LogP contribution in [0.4, 0.5) is 0 Å². The third-order valence-corrected chi connectivity index (χ3v) is 4.89. The molecule has 1 atom stereocenters. The smallest absolute Gasteiger partial charge is 0.220 e. The number of likely N-dealkylation sites (tertiary alicyclic amines) is 1. The van der Waals surface area contributed by atoms with Gasteiger partial charge in [0.25, 0.3) is 0 Å². The van der Waals surface area contributed by atoms with Gasteiger partial charge in [-0.3, -0.25) is 4.79 Å². The lowest BCUT2D eigenvalue weighted by Gasteiger charge is -2.20.